The predicted molar refractivity (Wildman–Crippen MR) is 60.3 cm³/mol. The summed E-state index contributed by atoms with van der Waals surface area (Å²) in [6, 6.07) is 0. The van der Waals surface area contributed by atoms with Gasteiger partial charge < -0.3 is 10.7 Å². The molecule has 3 N–H and O–H groups in total. The fourth-order valence-electron chi connectivity index (χ4n) is 1.31. The highest BCUT2D eigenvalue weighted by molar-refractivity contribution is 6.82. The molecule has 0 unspecified atom stereocenters. The molecule has 0 aromatic carbocycles. The van der Waals surface area contributed by atoms with Crippen LogP contribution in [0.3, 0.4) is 0 Å². The van der Waals surface area contributed by atoms with Crippen LogP contribution >= 0.6 is 11.6 Å². The average molecular weight is 212 g/mol. The molecule has 0 radical (unpaired) electrons. The van der Waals surface area contributed by atoms with Gasteiger partial charge in [0.25, 0.3) is 0 Å². The SMILES string of the molecule is C=C1CC(C(=C)NCC(=N)C(=N)Cl)C1. The Morgan fingerprint density at radius 1 is 1.50 bits per heavy atom. The molecule has 0 aromatic heterocycles. The van der Waals surface area contributed by atoms with Crippen LogP contribution in [0.5, 0.6) is 0 Å². The van der Waals surface area contributed by atoms with Crippen LogP contribution in [0, 0.1) is 16.7 Å². The molecule has 0 heterocycles. The molecule has 0 bridgehead atoms. The largest absolute Gasteiger partial charge is 0.383 e. The first-order chi connectivity index (χ1) is 6.50. The van der Waals surface area contributed by atoms with Gasteiger partial charge in [0.1, 0.15) is 5.17 Å². The van der Waals surface area contributed by atoms with Crippen molar-refractivity contribution < 1.29 is 0 Å². The molecule has 0 atom stereocenters. The fourth-order valence-corrected chi connectivity index (χ4v) is 1.37. The van der Waals surface area contributed by atoms with Gasteiger partial charge in [-0.15, -0.1) is 0 Å². The van der Waals surface area contributed by atoms with E-state index in [1.54, 1.807) is 0 Å². The predicted octanol–water partition coefficient (Wildman–Crippen LogP) is 2.29. The fraction of sp³-hybridized carbons (Fsp3) is 0.400. The van der Waals surface area contributed by atoms with E-state index < -0.39 is 0 Å². The van der Waals surface area contributed by atoms with Gasteiger partial charge in [0.2, 0.25) is 0 Å². The van der Waals surface area contributed by atoms with E-state index in [0.717, 1.165) is 18.5 Å². The molecule has 0 aromatic rings. The number of halogens is 1. The lowest BCUT2D eigenvalue weighted by Gasteiger charge is -2.30. The molecule has 4 heteroatoms. The first-order valence-corrected chi connectivity index (χ1v) is 4.79. The third-order valence-corrected chi connectivity index (χ3v) is 2.55. The van der Waals surface area contributed by atoms with Crippen molar-refractivity contribution in [3.8, 4) is 0 Å². The molecule has 1 rings (SSSR count). The Labute approximate surface area is 88.9 Å². The van der Waals surface area contributed by atoms with E-state index >= 15 is 0 Å². The van der Waals surface area contributed by atoms with Crippen LogP contribution in [-0.2, 0) is 0 Å². The summed E-state index contributed by atoms with van der Waals surface area (Å²) in [5.74, 6) is 0.444. The van der Waals surface area contributed by atoms with Crippen molar-refractivity contribution >= 4 is 22.5 Å². The first kappa shape index (κ1) is 11.0. The standard InChI is InChI=1S/C10H14ClN3/c1-6-3-8(4-6)7(2)14-5-9(12)10(11)13/h8,12-14H,1-5H2. The maximum Gasteiger partial charge on any atom is 0.143 e. The van der Waals surface area contributed by atoms with Gasteiger partial charge in [-0.25, -0.2) is 0 Å². The maximum atomic E-state index is 7.31. The number of rotatable bonds is 5. The molecular weight excluding hydrogens is 198 g/mol. The molecule has 3 nitrogen and oxygen atoms in total. The molecule has 1 aliphatic carbocycles. The lowest BCUT2D eigenvalue weighted by molar-refractivity contribution is 0.465. The zero-order chi connectivity index (χ0) is 10.7. The topological polar surface area (TPSA) is 59.7 Å². The second-order valence-electron chi connectivity index (χ2n) is 3.53. The molecule has 76 valence electrons. The van der Waals surface area contributed by atoms with Crippen molar-refractivity contribution in [2.45, 2.75) is 12.8 Å². The highest BCUT2D eigenvalue weighted by Crippen LogP contribution is 2.34. The lowest BCUT2D eigenvalue weighted by atomic mass is 9.79. The van der Waals surface area contributed by atoms with Crippen molar-refractivity contribution in [1.82, 2.24) is 5.32 Å². The molecule has 0 aliphatic heterocycles. The zero-order valence-electron chi connectivity index (χ0n) is 7.99. The summed E-state index contributed by atoms with van der Waals surface area (Å²) in [5.41, 5.74) is 2.25. The van der Waals surface area contributed by atoms with E-state index in [0.29, 0.717) is 5.92 Å². The normalized spacial score (nSPS) is 15.9. The zero-order valence-corrected chi connectivity index (χ0v) is 8.75. The molecule has 0 saturated heterocycles. The van der Waals surface area contributed by atoms with Gasteiger partial charge in [-0.05, 0) is 12.8 Å². The van der Waals surface area contributed by atoms with Gasteiger partial charge in [-0.3, -0.25) is 5.41 Å². The minimum atomic E-state index is -0.219. The number of hydrogen-bond donors (Lipinski definition) is 3. The molecule has 14 heavy (non-hydrogen) atoms. The van der Waals surface area contributed by atoms with Crippen LogP contribution in [0.25, 0.3) is 0 Å². The van der Waals surface area contributed by atoms with Crippen molar-refractivity contribution in [2.75, 3.05) is 6.54 Å². The van der Waals surface area contributed by atoms with E-state index in [9.17, 15) is 0 Å². The summed E-state index contributed by atoms with van der Waals surface area (Å²) in [6.45, 7) is 8.01. The number of hydrogen-bond acceptors (Lipinski definition) is 3. The molecule has 0 spiro atoms. The summed E-state index contributed by atoms with van der Waals surface area (Å²) < 4.78 is 0. The highest BCUT2D eigenvalue weighted by Gasteiger charge is 2.23. The van der Waals surface area contributed by atoms with Gasteiger partial charge in [0.05, 0.1) is 12.3 Å². The number of nitrogens with one attached hydrogen (secondary N) is 3. The smallest absolute Gasteiger partial charge is 0.143 e. The Balaban J connectivity index is 2.25. The van der Waals surface area contributed by atoms with Crippen LogP contribution in [0.2, 0.25) is 0 Å². The van der Waals surface area contributed by atoms with Crippen molar-refractivity contribution in [2.24, 2.45) is 5.92 Å². The van der Waals surface area contributed by atoms with Crippen LogP contribution in [0.4, 0.5) is 0 Å². The molecule has 1 saturated carbocycles. The van der Waals surface area contributed by atoms with E-state index in [-0.39, 0.29) is 17.4 Å². The van der Waals surface area contributed by atoms with Gasteiger partial charge in [0, 0.05) is 11.6 Å². The van der Waals surface area contributed by atoms with Crippen LogP contribution < -0.4 is 5.32 Å². The number of allylic oxidation sites excluding steroid dienone is 2. The maximum absolute atomic E-state index is 7.31. The quantitative estimate of drug-likeness (QED) is 0.474. The van der Waals surface area contributed by atoms with Crippen LogP contribution in [-0.4, -0.2) is 17.4 Å². The molecule has 1 aliphatic rings. The van der Waals surface area contributed by atoms with E-state index in [1.165, 1.54) is 5.57 Å². The molecular formula is C10H14ClN3. The van der Waals surface area contributed by atoms with Crippen molar-refractivity contribution in [1.29, 1.82) is 10.8 Å². The van der Waals surface area contributed by atoms with Gasteiger partial charge in [0.15, 0.2) is 0 Å². The summed E-state index contributed by atoms with van der Waals surface area (Å²) in [4.78, 5) is 0. The Morgan fingerprint density at radius 3 is 2.50 bits per heavy atom. The Hall–Kier alpha value is -1.09. The monoisotopic (exact) mass is 211 g/mol. The van der Waals surface area contributed by atoms with Gasteiger partial charge >= 0.3 is 0 Å². The second-order valence-corrected chi connectivity index (χ2v) is 3.90. The summed E-state index contributed by atoms with van der Waals surface area (Å²) in [7, 11) is 0. The summed E-state index contributed by atoms with van der Waals surface area (Å²) in [6.07, 6.45) is 1.97. The first-order valence-electron chi connectivity index (χ1n) is 4.42. The Morgan fingerprint density at radius 2 is 2.07 bits per heavy atom. The molecule has 0 amide bonds. The van der Waals surface area contributed by atoms with Gasteiger partial charge in [-0.1, -0.05) is 30.3 Å². The minimum Gasteiger partial charge on any atom is -0.383 e. The van der Waals surface area contributed by atoms with Crippen LogP contribution in [0.15, 0.2) is 24.4 Å². The highest BCUT2D eigenvalue weighted by atomic mass is 35.5. The van der Waals surface area contributed by atoms with Gasteiger partial charge in [-0.2, -0.15) is 0 Å². The average Bonchev–Trinajstić information content (AvgIpc) is 2.08. The summed E-state index contributed by atoms with van der Waals surface area (Å²) in [5, 5.41) is 17.1. The summed E-state index contributed by atoms with van der Waals surface area (Å²) >= 11 is 5.34. The van der Waals surface area contributed by atoms with Crippen molar-refractivity contribution in [3.63, 3.8) is 0 Å². The Bertz CT molecular complexity index is 298. The minimum absolute atomic E-state index is 0.0889. The van der Waals surface area contributed by atoms with E-state index in [1.807, 2.05) is 0 Å². The third-order valence-electron chi connectivity index (χ3n) is 2.32. The van der Waals surface area contributed by atoms with Crippen molar-refractivity contribution in [3.05, 3.63) is 24.4 Å². The Kier molecular flexibility index (Phi) is 3.47. The molecule has 1 fully saturated rings. The second kappa shape index (κ2) is 4.42. The lowest BCUT2D eigenvalue weighted by Crippen LogP contribution is -2.30. The van der Waals surface area contributed by atoms with Crippen LogP contribution in [0.1, 0.15) is 12.8 Å². The third kappa shape index (κ3) is 2.70. The van der Waals surface area contributed by atoms with E-state index in [4.69, 9.17) is 22.4 Å². The van der Waals surface area contributed by atoms with E-state index in [2.05, 4.69) is 18.5 Å².